The molecule has 0 radical (unpaired) electrons. The van der Waals surface area contributed by atoms with E-state index in [-0.39, 0.29) is 12.5 Å². The molecule has 41 heavy (non-hydrogen) atoms. The standard InChI is InChI=1S/C28H48N7O5P/c1-19(2)13-22(14-20(3)4)33-40-41(37,34-28(6,7)27(36)39-23-11-9-8-10-12-23)18-38-21(5)15-35-17-32-24-25(29)30-16-31-26(24)35/h16-17,19-21,23H,8-15,18H2,1-7H3,(H,34,37)(H2,29,30,31)/t21-,41-/m1/s1. The maximum atomic E-state index is 14.2. The van der Waals surface area contributed by atoms with Crippen molar-refractivity contribution in [2.45, 2.75) is 118 Å². The molecule has 0 amide bonds. The zero-order valence-electron chi connectivity index (χ0n) is 25.6. The van der Waals surface area contributed by atoms with Crippen molar-refractivity contribution in [3.05, 3.63) is 12.7 Å². The fraction of sp³-hybridized carbons (Fsp3) is 0.750. The molecule has 2 atom stereocenters. The van der Waals surface area contributed by atoms with Gasteiger partial charge in [-0.15, -0.1) is 0 Å². The zero-order valence-corrected chi connectivity index (χ0v) is 26.5. The van der Waals surface area contributed by atoms with Gasteiger partial charge in [0.15, 0.2) is 11.5 Å². The minimum Gasteiger partial charge on any atom is -0.461 e. The molecule has 0 aromatic carbocycles. The first-order valence-electron chi connectivity index (χ1n) is 14.6. The van der Waals surface area contributed by atoms with E-state index in [0.29, 0.717) is 48.2 Å². The van der Waals surface area contributed by atoms with Crippen LogP contribution in [0.25, 0.3) is 11.2 Å². The van der Waals surface area contributed by atoms with E-state index in [0.717, 1.165) is 37.8 Å². The van der Waals surface area contributed by atoms with Crippen molar-refractivity contribution in [1.82, 2.24) is 24.6 Å². The smallest absolute Gasteiger partial charge is 0.365 e. The normalized spacial score (nSPS) is 17.0. The van der Waals surface area contributed by atoms with Gasteiger partial charge in [0.25, 0.3) is 0 Å². The number of nitrogens with two attached hydrogens (primary N) is 1. The highest BCUT2D eigenvalue weighted by molar-refractivity contribution is 7.56. The lowest BCUT2D eigenvalue weighted by Crippen LogP contribution is -2.48. The zero-order chi connectivity index (χ0) is 30.2. The summed E-state index contributed by atoms with van der Waals surface area (Å²) in [6.07, 6.45) is 8.47. The summed E-state index contributed by atoms with van der Waals surface area (Å²) in [6, 6.07) is 0. The highest BCUT2D eigenvalue weighted by atomic mass is 31.2. The van der Waals surface area contributed by atoms with Crippen molar-refractivity contribution in [3.8, 4) is 0 Å². The van der Waals surface area contributed by atoms with Crippen LogP contribution in [0.2, 0.25) is 0 Å². The summed E-state index contributed by atoms with van der Waals surface area (Å²) < 4.78 is 33.6. The van der Waals surface area contributed by atoms with Crippen molar-refractivity contribution in [3.63, 3.8) is 0 Å². The quantitative estimate of drug-likeness (QED) is 0.114. The van der Waals surface area contributed by atoms with Crippen LogP contribution in [0.5, 0.6) is 0 Å². The van der Waals surface area contributed by atoms with Crippen molar-refractivity contribution in [1.29, 1.82) is 0 Å². The van der Waals surface area contributed by atoms with Crippen LogP contribution in [0.15, 0.2) is 17.8 Å². The van der Waals surface area contributed by atoms with Gasteiger partial charge < -0.3 is 24.4 Å². The second kappa shape index (κ2) is 14.6. The second-order valence-corrected chi connectivity index (χ2v) is 14.4. The van der Waals surface area contributed by atoms with Crippen LogP contribution in [0.4, 0.5) is 5.82 Å². The molecule has 3 rings (SSSR count). The Morgan fingerprint density at radius 3 is 2.41 bits per heavy atom. The molecule has 0 aliphatic heterocycles. The Morgan fingerprint density at radius 2 is 1.78 bits per heavy atom. The minimum atomic E-state index is -3.82. The fourth-order valence-corrected chi connectivity index (χ4v) is 6.63. The number of imidazole rings is 1. The number of rotatable bonds is 15. The number of oxime groups is 1. The van der Waals surface area contributed by atoms with E-state index in [1.54, 1.807) is 24.7 Å². The van der Waals surface area contributed by atoms with E-state index in [1.807, 2.05) is 6.92 Å². The minimum absolute atomic E-state index is 0.126. The molecule has 230 valence electrons. The average molecular weight is 594 g/mol. The first-order valence-corrected chi connectivity index (χ1v) is 16.5. The summed E-state index contributed by atoms with van der Waals surface area (Å²) in [5.74, 6) is 0.522. The summed E-state index contributed by atoms with van der Waals surface area (Å²) in [5, 5.41) is 7.30. The van der Waals surface area contributed by atoms with E-state index in [1.165, 1.54) is 6.33 Å². The van der Waals surface area contributed by atoms with Gasteiger partial charge in [0.2, 0.25) is 0 Å². The first kappa shape index (κ1) is 32.9. The first-order chi connectivity index (χ1) is 19.3. The molecule has 0 saturated heterocycles. The number of hydrogen-bond donors (Lipinski definition) is 2. The lowest BCUT2D eigenvalue weighted by atomic mass is 9.97. The molecule has 3 N–H and O–H groups in total. The number of anilines is 1. The van der Waals surface area contributed by atoms with Gasteiger partial charge in [-0.1, -0.05) is 39.3 Å². The molecule has 13 heteroatoms. The number of fused-ring (bicyclic) bond motifs is 1. The molecule has 0 bridgehead atoms. The summed E-state index contributed by atoms with van der Waals surface area (Å²) >= 11 is 0. The number of nitrogen functional groups attached to an aromatic ring is 1. The van der Waals surface area contributed by atoms with Crippen molar-refractivity contribution in [2.75, 3.05) is 12.1 Å². The average Bonchev–Trinajstić information content (AvgIpc) is 3.30. The van der Waals surface area contributed by atoms with Crippen LogP contribution in [-0.2, 0) is 30.0 Å². The van der Waals surface area contributed by atoms with Gasteiger partial charge in [-0.3, -0.25) is 9.36 Å². The van der Waals surface area contributed by atoms with Gasteiger partial charge in [0.05, 0.1) is 24.7 Å². The summed E-state index contributed by atoms with van der Waals surface area (Å²) in [6.45, 7) is 13.9. The molecule has 1 saturated carbocycles. The summed E-state index contributed by atoms with van der Waals surface area (Å²) in [5.41, 5.74) is 6.51. The molecule has 2 aromatic heterocycles. The highest BCUT2D eigenvalue weighted by Gasteiger charge is 2.41. The molecule has 12 nitrogen and oxygen atoms in total. The molecule has 0 unspecified atom stereocenters. The topological polar surface area (TPSA) is 156 Å². The van der Waals surface area contributed by atoms with Crippen LogP contribution in [0.3, 0.4) is 0 Å². The Hall–Kier alpha value is -2.56. The van der Waals surface area contributed by atoms with Gasteiger partial charge >= 0.3 is 13.5 Å². The van der Waals surface area contributed by atoms with Crippen LogP contribution >= 0.6 is 7.52 Å². The number of hydrogen-bond acceptors (Lipinski definition) is 10. The van der Waals surface area contributed by atoms with Gasteiger partial charge in [-0.25, -0.2) is 20.0 Å². The molecule has 1 aliphatic carbocycles. The van der Waals surface area contributed by atoms with Crippen LogP contribution in [0.1, 0.15) is 93.4 Å². The number of carbonyl (C=O) groups excluding carboxylic acids is 1. The molecule has 1 aliphatic rings. The summed E-state index contributed by atoms with van der Waals surface area (Å²) in [4.78, 5) is 25.7. The number of nitrogens with zero attached hydrogens (tertiary/aromatic N) is 5. The molecular formula is C28H48N7O5P. The van der Waals surface area contributed by atoms with E-state index in [9.17, 15) is 9.36 Å². The van der Waals surface area contributed by atoms with Gasteiger partial charge in [-0.2, -0.15) is 0 Å². The Bertz CT molecular complexity index is 1210. The Labute approximate surface area is 243 Å². The predicted octanol–water partition coefficient (Wildman–Crippen LogP) is 5.67. The van der Waals surface area contributed by atoms with E-state index in [4.69, 9.17) is 19.8 Å². The Kier molecular flexibility index (Phi) is 11.7. The third-order valence-corrected chi connectivity index (χ3v) is 8.52. The number of carbonyl (C=O) groups is 1. The number of aromatic nitrogens is 4. The Balaban J connectivity index is 1.76. The lowest BCUT2D eigenvalue weighted by molar-refractivity contribution is -0.156. The monoisotopic (exact) mass is 593 g/mol. The largest absolute Gasteiger partial charge is 0.461 e. The molecule has 2 heterocycles. The lowest BCUT2D eigenvalue weighted by Gasteiger charge is -2.31. The molecule has 0 spiro atoms. The summed E-state index contributed by atoms with van der Waals surface area (Å²) in [7, 11) is -3.82. The predicted molar refractivity (Wildman–Crippen MR) is 160 cm³/mol. The van der Waals surface area contributed by atoms with E-state index >= 15 is 0 Å². The maximum Gasteiger partial charge on any atom is 0.365 e. The Morgan fingerprint density at radius 1 is 1.12 bits per heavy atom. The fourth-order valence-electron chi connectivity index (χ4n) is 4.84. The van der Waals surface area contributed by atoms with E-state index < -0.39 is 25.1 Å². The van der Waals surface area contributed by atoms with Crippen LogP contribution < -0.4 is 10.8 Å². The van der Waals surface area contributed by atoms with Crippen molar-refractivity contribution in [2.24, 2.45) is 17.0 Å². The number of ether oxygens (including phenoxy) is 2. The van der Waals surface area contributed by atoms with Gasteiger partial charge in [0.1, 0.15) is 29.8 Å². The third kappa shape index (κ3) is 10.0. The number of nitrogens with one attached hydrogen (secondary N) is 1. The number of esters is 1. The van der Waals surface area contributed by atoms with Crippen molar-refractivity contribution >= 4 is 36.2 Å². The SMILES string of the molecule is CC(C)CC(CC(C)C)=NO[P@](=O)(CO[C@H](C)Cn1cnc2c(N)ncnc21)NC(C)(C)C(=O)OC1CCCCC1. The second-order valence-electron chi connectivity index (χ2n) is 12.4. The molecule has 1 fully saturated rings. The van der Waals surface area contributed by atoms with Gasteiger partial charge in [0, 0.05) is 0 Å². The maximum absolute atomic E-state index is 14.2. The van der Waals surface area contributed by atoms with Gasteiger partial charge in [-0.05, 0) is 71.1 Å². The highest BCUT2D eigenvalue weighted by Crippen LogP contribution is 2.46. The van der Waals surface area contributed by atoms with Crippen LogP contribution in [-0.4, -0.2) is 55.3 Å². The molecule has 2 aromatic rings. The van der Waals surface area contributed by atoms with E-state index in [2.05, 4.69) is 52.9 Å². The molecular weight excluding hydrogens is 545 g/mol. The van der Waals surface area contributed by atoms with Crippen molar-refractivity contribution < 1.29 is 23.5 Å². The third-order valence-electron chi connectivity index (χ3n) is 6.79. The van der Waals surface area contributed by atoms with Crippen LogP contribution in [0, 0.1) is 11.8 Å².